The number of halogens is 3. The monoisotopic (exact) mass is 282 g/mol. The fraction of sp³-hybridized carbons (Fsp3) is 0.0769. The molecule has 0 atom stereocenters. The molecule has 1 aromatic heterocycles. The molecule has 0 radical (unpaired) electrons. The number of carbonyl (C=O) groups is 1. The zero-order chi connectivity index (χ0) is 14.8. The summed E-state index contributed by atoms with van der Waals surface area (Å²) in [7, 11) is 0. The number of nitrogen functional groups attached to an aromatic ring is 1. The first kappa shape index (κ1) is 13.9. The van der Waals surface area contributed by atoms with Gasteiger partial charge in [0.1, 0.15) is 11.4 Å². The lowest BCUT2D eigenvalue weighted by molar-refractivity contribution is -0.274. The van der Waals surface area contributed by atoms with E-state index >= 15 is 0 Å². The molecule has 0 unspecified atom stereocenters. The Morgan fingerprint density at radius 2 is 1.95 bits per heavy atom. The van der Waals surface area contributed by atoms with Crippen molar-refractivity contribution in [1.29, 1.82) is 0 Å². The molecule has 2 N–H and O–H groups in total. The maximum absolute atomic E-state index is 12.1. The van der Waals surface area contributed by atoms with Gasteiger partial charge in [-0.25, -0.2) is 0 Å². The van der Waals surface area contributed by atoms with Gasteiger partial charge in [-0.2, -0.15) is 0 Å². The summed E-state index contributed by atoms with van der Waals surface area (Å²) in [5, 5.41) is 0. The summed E-state index contributed by atoms with van der Waals surface area (Å²) < 4.78 is 40.2. The number of alkyl halides is 3. The molecule has 2 aromatic rings. The van der Waals surface area contributed by atoms with Gasteiger partial charge in [0.15, 0.2) is 0 Å². The summed E-state index contributed by atoms with van der Waals surface area (Å²) in [5.41, 5.74) is 5.65. The van der Waals surface area contributed by atoms with E-state index in [1.807, 2.05) is 0 Å². The molecule has 0 fully saturated rings. The van der Waals surface area contributed by atoms with Gasteiger partial charge >= 0.3 is 6.36 Å². The number of nitrogens with two attached hydrogens (primary N) is 1. The van der Waals surface area contributed by atoms with Crippen molar-refractivity contribution >= 4 is 11.5 Å². The van der Waals surface area contributed by atoms with Crippen molar-refractivity contribution in [2.24, 2.45) is 0 Å². The third-order valence-corrected chi connectivity index (χ3v) is 2.40. The first-order chi connectivity index (χ1) is 9.37. The number of hydrogen-bond acceptors (Lipinski definition) is 4. The van der Waals surface area contributed by atoms with Crippen LogP contribution in [-0.4, -0.2) is 17.1 Å². The molecule has 104 valence electrons. The average Bonchev–Trinajstić information content (AvgIpc) is 2.40. The normalized spacial score (nSPS) is 11.2. The van der Waals surface area contributed by atoms with Crippen LogP contribution in [0.3, 0.4) is 0 Å². The van der Waals surface area contributed by atoms with Gasteiger partial charge in [-0.1, -0.05) is 6.07 Å². The first-order valence-corrected chi connectivity index (χ1v) is 5.48. The Bertz CT molecular complexity index is 627. The van der Waals surface area contributed by atoms with E-state index in [-0.39, 0.29) is 16.9 Å². The van der Waals surface area contributed by atoms with E-state index in [2.05, 4.69) is 9.72 Å². The summed E-state index contributed by atoms with van der Waals surface area (Å²) in [5.74, 6) is -1.08. The van der Waals surface area contributed by atoms with Crippen LogP contribution in [0.2, 0.25) is 0 Å². The van der Waals surface area contributed by atoms with E-state index in [0.29, 0.717) is 0 Å². The van der Waals surface area contributed by atoms with E-state index in [9.17, 15) is 18.0 Å². The largest absolute Gasteiger partial charge is 0.573 e. The Morgan fingerprint density at radius 1 is 1.20 bits per heavy atom. The molecule has 20 heavy (non-hydrogen) atoms. The highest BCUT2D eigenvalue weighted by Crippen LogP contribution is 2.27. The van der Waals surface area contributed by atoms with Crippen LogP contribution >= 0.6 is 0 Å². The zero-order valence-electron chi connectivity index (χ0n) is 10.0. The highest BCUT2D eigenvalue weighted by Gasteiger charge is 2.31. The number of carbonyl (C=O) groups excluding carboxylic acids is 1. The molecular weight excluding hydrogens is 273 g/mol. The Balaban J connectivity index is 2.36. The topological polar surface area (TPSA) is 65.2 Å². The Morgan fingerprint density at radius 3 is 2.55 bits per heavy atom. The summed E-state index contributed by atoms with van der Waals surface area (Å²) in [4.78, 5) is 15.9. The van der Waals surface area contributed by atoms with Crippen LogP contribution in [0.25, 0.3) is 0 Å². The van der Waals surface area contributed by atoms with Gasteiger partial charge in [0, 0.05) is 11.9 Å². The van der Waals surface area contributed by atoms with Crippen molar-refractivity contribution < 1.29 is 22.7 Å². The summed E-state index contributed by atoms with van der Waals surface area (Å²) >= 11 is 0. The standard InChI is InChI=1S/C13H9F3N2O2/c14-13(15,16)20-8-4-5-10(17)9(7-8)12(19)11-3-1-2-6-18-11/h1-7H,17H2. The maximum atomic E-state index is 12.1. The third kappa shape index (κ3) is 3.25. The maximum Gasteiger partial charge on any atom is 0.573 e. The molecule has 0 aliphatic carbocycles. The lowest BCUT2D eigenvalue weighted by Gasteiger charge is -2.11. The lowest BCUT2D eigenvalue weighted by Crippen LogP contribution is -2.17. The summed E-state index contributed by atoms with van der Waals surface area (Å²) in [6.45, 7) is 0. The van der Waals surface area contributed by atoms with Crippen molar-refractivity contribution in [2.45, 2.75) is 6.36 Å². The van der Waals surface area contributed by atoms with Crippen LogP contribution < -0.4 is 10.5 Å². The summed E-state index contributed by atoms with van der Waals surface area (Å²) in [6, 6.07) is 7.81. The van der Waals surface area contributed by atoms with Crippen LogP contribution in [0.5, 0.6) is 5.75 Å². The van der Waals surface area contributed by atoms with E-state index in [1.165, 1.54) is 18.3 Å². The molecule has 0 saturated carbocycles. The quantitative estimate of drug-likeness (QED) is 0.694. The fourth-order valence-corrected chi connectivity index (χ4v) is 1.56. The Kier molecular flexibility index (Phi) is 3.60. The van der Waals surface area contributed by atoms with Gasteiger partial charge in [0.25, 0.3) is 0 Å². The number of ether oxygens (including phenoxy) is 1. The number of aromatic nitrogens is 1. The minimum Gasteiger partial charge on any atom is -0.406 e. The van der Waals surface area contributed by atoms with Gasteiger partial charge in [-0.3, -0.25) is 9.78 Å². The van der Waals surface area contributed by atoms with Crippen molar-refractivity contribution in [3.8, 4) is 5.75 Å². The van der Waals surface area contributed by atoms with E-state index in [4.69, 9.17) is 5.73 Å². The number of rotatable bonds is 3. The molecule has 0 spiro atoms. The van der Waals surface area contributed by atoms with Crippen LogP contribution in [0, 0.1) is 0 Å². The van der Waals surface area contributed by atoms with Crippen molar-refractivity contribution in [3.05, 3.63) is 53.9 Å². The zero-order valence-corrected chi connectivity index (χ0v) is 10.0. The van der Waals surface area contributed by atoms with Gasteiger partial charge in [0.05, 0.1) is 5.56 Å². The SMILES string of the molecule is Nc1ccc(OC(F)(F)F)cc1C(=O)c1ccccn1. The molecule has 0 aliphatic rings. The highest BCUT2D eigenvalue weighted by atomic mass is 19.4. The minimum absolute atomic E-state index is 0.0511. The van der Waals surface area contributed by atoms with Gasteiger partial charge in [-0.05, 0) is 30.3 Å². The summed E-state index contributed by atoms with van der Waals surface area (Å²) in [6.07, 6.45) is -3.43. The smallest absolute Gasteiger partial charge is 0.406 e. The van der Waals surface area contributed by atoms with Gasteiger partial charge in [-0.15, -0.1) is 13.2 Å². The molecule has 0 bridgehead atoms. The average molecular weight is 282 g/mol. The van der Waals surface area contributed by atoms with Crippen molar-refractivity contribution in [3.63, 3.8) is 0 Å². The highest BCUT2D eigenvalue weighted by molar-refractivity contribution is 6.11. The number of ketones is 1. The van der Waals surface area contributed by atoms with Crippen LogP contribution in [0.4, 0.5) is 18.9 Å². The second-order valence-electron chi connectivity index (χ2n) is 3.84. The van der Waals surface area contributed by atoms with Gasteiger partial charge in [0.2, 0.25) is 5.78 Å². The van der Waals surface area contributed by atoms with Crippen molar-refractivity contribution in [2.75, 3.05) is 5.73 Å². The van der Waals surface area contributed by atoms with Crippen LogP contribution in [0.1, 0.15) is 16.1 Å². The van der Waals surface area contributed by atoms with E-state index in [1.54, 1.807) is 12.1 Å². The number of nitrogens with zero attached hydrogens (tertiary/aromatic N) is 1. The second kappa shape index (κ2) is 5.20. The van der Waals surface area contributed by atoms with Crippen LogP contribution in [-0.2, 0) is 0 Å². The molecule has 1 heterocycles. The number of benzene rings is 1. The third-order valence-electron chi connectivity index (χ3n) is 2.40. The predicted molar refractivity (Wildman–Crippen MR) is 65.2 cm³/mol. The number of anilines is 1. The first-order valence-electron chi connectivity index (χ1n) is 5.48. The lowest BCUT2D eigenvalue weighted by atomic mass is 10.1. The second-order valence-corrected chi connectivity index (χ2v) is 3.84. The molecule has 7 heteroatoms. The number of pyridine rings is 1. The van der Waals surface area contributed by atoms with E-state index in [0.717, 1.165) is 12.1 Å². The molecule has 0 aliphatic heterocycles. The molecule has 1 aromatic carbocycles. The molecule has 4 nitrogen and oxygen atoms in total. The Labute approximate surface area is 112 Å². The van der Waals surface area contributed by atoms with Gasteiger partial charge < -0.3 is 10.5 Å². The minimum atomic E-state index is -4.83. The Hall–Kier alpha value is -2.57. The van der Waals surface area contributed by atoms with Crippen LogP contribution in [0.15, 0.2) is 42.6 Å². The molecular formula is C13H9F3N2O2. The molecule has 2 rings (SSSR count). The fourth-order valence-electron chi connectivity index (χ4n) is 1.56. The molecule has 0 amide bonds. The predicted octanol–water partition coefficient (Wildman–Crippen LogP) is 2.79. The molecule has 0 saturated heterocycles. The van der Waals surface area contributed by atoms with Crippen molar-refractivity contribution in [1.82, 2.24) is 4.98 Å². The number of hydrogen-bond donors (Lipinski definition) is 1. The van der Waals surface area contributed by atoms with E-state index < -0.39 is 17.9 Å².